The molecule has 7 heteroatoms. The third-order valence-electron chi connectivity index (χ3n) is 3.07. The summed E-state index contributed by atoms with van der Waals surface area (Å²) in [6.45, 7) is 2.68. The lowest BCUT2D eigenvalue weighted by molar-refractivity contribution is -0.122. The number of amides is 3. The van der Waals surface area contributed by atoms with Crippen LogP contribution in [0.25, 0.3) is 0 Å². The number of carbonyl (C=O) groups is 2. The van der Waals surface area contributed by atoms with Crippen molar-refractivity contribution in [3.8, 4) is 0 Å². The number of nitrogens with zero attached hydrogens (tertiary/aromatic N) is 2. The number of carbonyl (C=O) groups excluding carboxylic acids is 2. The summed E-state index contributed by atoms with van der Waals surface area (Å²) in [6, 6.07) is 0.478. The monoisotopic (exact) mass is 272 g/mol. The minimum atomic E-state index is -0.449. The summed E-state index contributed by atoms with van der Waals surface area (Å²) in [4.78, 5) is 25.7. The molecule has 0 aromatic rings. The van der Waals surface area contributed by atoms with E-state index < -0.39 is 5.91 Å². The van der Waals surface area contributed by atoms with E-state index in [1.165, 1.54) is 0 Å². The molecule has 0 atom stereocenters. The van der Waals surface area contributed by atoms with Crippen molar-refractivity contribution in [2.24, 2.45) is 5.73 Å². The van der Waals surface area contributed by atoms with Crippen LogP contribution in [0.5, 0.6) is 0 Å². The lowest BCUT2D eigenvalue weighted by Crippen LogP contribution is -2.48. The fourth-order valence-corrected chi connectivity index (χ4v) is 2.07. The molecule has 0 unspecified atom stereocenters. The van der Waals surface area contributed by atoms with Crippen molar-refractivity contribution in [3.05, 3.63) is 0 Å². The Labute approximate surface area is 114 Å². The van der Waals surface area contributed by atoms with Gasteiger partial charge in [-0.2, -0.15) is 0 Å². The largest absolute Gasteiger partial charge is 0.370 e. The van der Waals surface area contributed by atoms with Crippen molar-refractivity contribution < 1.29 is 14.3 Å². The SMILES string of the molecule is CN(C)C(=O)N1CCC(NCCOCC(N)=O)CC1. The molecule has 3 N–H and O–H groups in total. The van der Waals surface area contributed by atoms with Crippen LogP contribution in [0.4, 0.5) is 4.79 Å². The lowest BCUT2D eigenvalue weighted by Gasteiger charge is -2.34. The highest BCUT2D eigenvalue weighted by molar-refractivity contribution is 5.75. The molecule has 0 aliphatic carbocycles. The molecule has 0 radical (unpaired) electrons. The van der Waals surface area contributed by atoms with E-state index in [1.807, 2.05) is 4.90 Å². The standard InChI is InChI=1S/C12H24N4O3/c1-15(2)12(18)16-6-3-10(4-7-16)14-5-8-19-9-11(13)17/h10,14H,3-9H2,1-2H3,(H2,13,17). The molecule has 0 aromatic carbocycles. The van der Waals surface area contributed by atoms with Gasteiger partial charge in [-0.3, -0.25) is 4.79 Å². The van der Waals surface area contributed by atoms with Crippen LogP contribution >= 0.6 is 0 Å². The van der Waals surface area contributed by atoms with Gasteiger partial charge in [0.15, 0.2) is 0 Å². The first-order chi connectivity index (χ1) is 9.00. The van der Waals surface area contributed by atoms with E-state index in [-0.39, 0.29) is 12.6 Å². The van der Waals surface area contributed by atoms with Crippen molar-refractivity contribution in [3.63, 3.8) is 0 Å². The fraction of sp³-hybridized carbons (Fsp3) is 0.833. The molecule has 1 heterocycles. The van der Waals surface area contributed by atoms with Crippen molar-refractivity contribution in [2.45, 2.75) is 18.9 Å². The average Bonchev–Trinajstić information content (AvgIpc) is 2.37. The van der Waals surface area contributed by atoms with Gasteiger partial charge < -0.3 is 25.6 Å². The van der Waals surface area contributed by atoms with E-state index >= 15 is 0 Å². The van der Waals surface area contributed by atoms with Crippen molar-refractivity contribution in [1.29, 1.82) is 0 Å². The smallest absolute Gasteiger partial charge is 0.319 e. The van der Waals surface area contributed by atoms with Crippen LogP contribution in [-0.2, 0) is 9.53 Å². The van der Waals surface area contributed by atoms with Gasteiger partial charge in [-0.25, -0.2) is 4.79 Å². The van der Waals surface area contributed by atoms with Crippen LogP contribution in [0.15, 0.2) is 0 Å². The molecule has 1 aliphatic rings. The van der Waals surface area contributed by atoms with Gasteiger partial charge in [-0.15, -0.1) is 0 Å². The fourth-order valence-electron chi connectivity index (χ4n) is 2.07. The summed E-state index contributed by atoms with van der Waals surface area (Å²) in [5, 5.41) is 3.36. The minimum Gasteiger partial charge on any atom is -0.370 e. The Balaban J connectivity index is 2.10. The topological polar surface area (TPSA) is 87.9 Å². The molecule has 1 rings (SSSR count). The lowest BCUT2D eigenvalue weighted by atomic mass is 10.1. The van der Waals surface area contributed by atoms with Gasteiger partial charge in [-0.05, 0) is 12.8 Å². The molecular weight excluding hydrogens is 248 g/mol. The molecule has 7 nitrogen and oxygen atoms in total. The van der Waals surface area contributed by atoms with E-state index in [0.29, 0.717) is 19.2 Å². The molecule has 19 heavy (non-hydrogen) atoms. The number of nitrogens with two attached hydrogens (primary N) is 1. The van der Waals surface area contributed by atoms with Gasteiger partial charge in [0.25, 0.3) is 0 Å². The van der Waals surface area contributed by atoms with Crippen LogP contribution in [0, 0.1) is 0 Å². The Kier molecular flexibility index (Phi) is 6.58. The van der Waals surface area contributed by atoms with Gasteiger partial charge in [0, 0.05) is 39.8 Å². The Morgan fingerprint density at radius 2 is 2.00 bits per heavy atom. The van der Waals surface area contributed by atoms with E-state index in [1.54, 1.807) is 19.0 Å². The molecule has 0 saturated carbocycles. The predicted molar refractivity (Wildman–Crippen MR) is 71.7 cm³/mol. The van der Waals surface area contributed by atoms with Gasteiger partial charge >= 0.3 is 6.03 Å². The molecule has 0 bridgehead atoms. The summed E-state index contributed by atoms with van der Waals surface area (Å²) in [7, 11) is 3.53. The summed E-state index contributed by atoms with van der Waals surface area (Å²) in [5.41, 5.74) is 4.96. The Bertz CT molecular complexity index is 301. The number of hydrogen-bond acceptors (Lipinski definition) is 4. The Morgan fingerprint density at radius 1 is 1.37 bits per heavy atom. The van der Waals surface area contributed by atoms with Crippen molar-refractivity contribution in [1.82, 2.24) is 15.1 Å². The summed E-state index contributed by atoms with van der Waals surface area (Å²) >= 11 is 0. The van der Waals surface area contributed by atoms with Crippen LogP contribution in [0.1, 0.15) is 12.8 Å². The molecule has 1 saturated heterocycles. The summed E-state index contributed by atoms with van der Waals surface area (Å²) in [5.74, 6) is -0.449. The zero-order chi connectivity index (χ0) is 14.3. The van der Waals surface area contributed by atoms with Crippen LogP contribution < -0.4 is 11.1 Å². The van der Waals surface area contributed by atoms with Gasteiger partial charge in [0.05, 0.1) is 6.61 Å². The van der Waals surface area contributed by atoms with E-state index in [0.717, 1.165) is 25.9 Å². The van der Waals surface area contributed by atoms with E-state index in [2.05, 4.69) is 5.32 Å². The maximum Gasteiger partial charge on any atom is 0.319 e. The van der Waals surface area contributed by atoms with Crippen LogP contribution in [-0.4, -0.2) is 74.7 Å². The minimum absolute atomic E-state index is 0.0303. The molecular formula is C12H24N4O3. The first-order valence-corrected chi connectivity index (χ1v) is 6.56. The molecule has 0 aromatic heterocycles. The molecule has 1 fully saturated rings. The normalized spacial score (nSPS) is 16.4. The van der Waals surface area contributed by atoms with Crippen molar-refractivity contribution in [2.75, 3.05) is 46.9 Å². The molecule has 0 spiro atoms. The highest BCUT2D eigenvalue weighted by Crippen LogP contribution is 2.11. The van der Waals surface area contributed by atoms with E-state index in [4.69, 9.17) is 10.5 Å². The highest BCUT2D eigenvalue weighted by Gasteiger charge is 2.23. The number of hydrogen-bond donors (Lipinski definition) is 2. The third kappa shape index (κ3) is 5.89. The number of piperidine rings is 1. The van der Waals surface area contributed by atoms with Gasteiger partial charge in [-0.1, -0.05) is 0 Å². The number of urea groups is 1. The first kappa shape index (κ1) is 15.7. The van der Waals surface area contributed by atoms with Crippen molar-refractivity contribution >= 4 is 11.9 Å². The molecule has 110 valence electrons. The number of ether oxygens (including phenoxy) is 1. The van der Waals surface area contributed by atoms with Crippen LogP contribution in [0.3, 0.4) is 0 Å². The van der Waals surface area contributed by atoms with E-state index in [9.17, 15) is 9.59 Å². The summed E-state index contributed by atoms with van der Waals surface area (Å²) < 4.78 is 5.07. The predicted octanol–water partition coefficient (Wildman–Crippen LogP) is -0.776. The maximum absolute atomic E-state index is 11.7. The Hall–Kier alpha value is -1.34. The second-order valence-electron chi connectivity index (χ2n) is 4.91. The number of primary amides is 1. The second-order valence-corrected chi connectivity index (χ2v) is 4.91. The van der Waals surface area contributed by atoms with Gasteiger partial charge in [0.1, 0.15) is 6.61 Å². The third-order valence-corrected chi connectivity index (χ3v) is 3.07. The number of nitrogens with one attached hydrogen (secondary N) is 1. The summed E-state index contributed by atoms with van der Waals surface area (Å²) in [6.07, 6.45) is 1.88. The quantitative estimate of drug-likeness (QED) is 0.621. The number of likely N-dealkylation sites (tertiary alicyclic amines) is 1. The van der Waals surface area contributed by atoms with Crippen LogP contribution in [0.2, 0.25) is 0 Å². The zero-order valence-corrected chi connectivity index (χ0v) is 11.7. The maximum atomic E-state index is 11.7. The number of rotatable bonds is 6. The average molecular weight is 272 g/mol. The highest BCUT2D eigenvalue weighted by atomic mass is 16.5. The van der Waals surface area contributed by atoms with Gasteiger partial charge in [0.2, 0.25) is 5.91 Å². The molecule has 1 aliphatic heterocycles. The zero-order valence-electron chi connectivity index (χ0n) is 11.7. The molecule has 3 amide bonds. The second kappa shape index (κ2) is 7.96. The first-order valence-electron chi connectivity index (χ1n) is 6.56. The Morgan fingerprint density at radius 3 is 2.53 bits per heavy atom.